The highest BCUT2D eigenvalue weighted by molar-refractivity contribution is 7.22. The second-order valence-electron chi connectivity index (χ2n) is 7.12. The maximum absolute atomic E-state index is 12.3. The van der Waals surface area contributed by atoms with E-state index in [0.717, 1.165) is 53.8 Å². The minimum Gasteiger partial charge on any atom is -0.494 e. The Morgan fingerprint density at radius 1 is 1.20 bits per heavy atom. The number of thiazole rings is 1. The number of piperazine rings is 1. The second-order valence-corrected chi connectivity index (χ2v) is 8.54. The highest BCUT2D eigenvalue weighted by Crippen LogP contribution is 2.31. The number of ether oxygens (including phenoxy) is 1. The van der Waals surface area contributed by atoms with Crippen LogP contribution in [0.1, 0.15) is 17.3 Å². The van der Waals surface area contributed by atoms with E-state index in [-0.39, 0.29) is 5.91 Å². The molecule has 2 heterocycles. The lowest BCUT2D eigenvalue weighted by atomic mass is 10.2. The first-order valence-corrected chi connectivity index (χ1v) is 11.4. The van der Waals surface area contributed by atoms with Gasteiger partial charge in [0.15, 0.2) is 5.13 Å². The largest absolute Gasteiger partial charge is 0.494 e. The van der Waals surface area contributed by atoms with Crippen LogP contribution in [0.3, 0.4) is 0 Å². The van der Waals surface area contributed by atoms with Crippen molar-refractivity contribution in [1.29, 1.82) is 0 Å². The van der Waals surface area contributed by atoms with Crippen LogP contribution in [0.4, 0.5) is 5.13 Å². The van der Waals surface area contributed by atoms with Crippen LogP contribution in [0.25, 0.3) is 10.2 Å². The molecule has 30 heavy (non-hydrogen) atoms. The number of carbonyl (C=O) groups is 1. The summed E-state index contributed by atoms with van der Waals surface area (Å²) in [5.41, 5.74) is 1.54. The molecule has 1 saturated heterocycles. The van der Waals surface area contributed by atoms with Gasteiger partial charge in [-0.1, -0.05) is 35.1 Å². The summed E-state index contributed by atoms with van der Waals surface area (Å²) < 4.78 is 6.75. The molecule has 0 radical (unpaired) electrons. The summed E-state index contributed by atoms with van der Waals surface area (Å²) in [4.78, 5) is 21.7. The van der Waals surface area contributed by atoms with Gasteiger partial charge in [-0.3, -0.25) is 9.69 Å². The van der Waals surface area contributed by atoms with Crippen molar-refractivity contribution in [2.24, 2.45) is 0 Å². The third kappa shape index (κ3) is 4.86. The van der Waals surface area contributed by atoms with Crippen molar-refractivity contribution in [3.05, 3.63) is 53.1 Å². The molecule has 1 amide bonds. The van der Waals surface area contributed by atoms with Crippen LogP contribution in [0, 0.1) is 0 Å². The zero-order chi connectivity index (χ0) is 20.9. The zero-order valence-electron chi connectivity index (χ0n) is 16.9. The minimum absolute atomic E-state index is 0.125. The number of nitrogens with one attached hydrogen (secondary N) is 1. The Hall–Kier alpha value is -2.35. The van der Waals surface area contributed by atoms with Gasteiger partial charge < -0.3 is 15.0 Å². The Balaban J connectivity index is 1.26. The van der Waals surface area contributed by atoms with E-state index < -0.39 is 0 Å². The number of hydrogen-bond acceptors (Lipinski definition) is 6. The molecule has 0 bridgehead atoms. The molecule has 0 saturated carbocycles. The van der Waals surface area contributed by atoms with Crippen LogP contribution in [-0.2, 0) is 0 Å². The maximum Gasteiger partial charge on any atom is 0.252 e. The summed E-state index contributed by atoms with van der Waals surface area (Å²) in [6, 6.07) is 13.2. The molecule has 0 unspecified atom stereocenters. The van der Waals surface area contributed by atoms with Crippen LogP contribution in [-0.4, -0.2) is 61.7 Å². The summed E-state index contributed by atoms with van der Waals surface area (Å²) in [6.07, 6.45) is 0. The predicted octanol–water partition coefficient (Wildman–Crippen LogP) is 3.90. The average molecular weight is 445 g/mol. The van der Waals surface area contributed by atoms with Crippen LogP contribution in [0.15, 0.2) is 42.5 Å². The van der Waals surface area contributed by atoms with Gasteiger partial charge in [0.25, 0.3) is 5.91 Å². The fraction of sp³-hybridized carbons (Fsp3) is 0.364. The van der Waals surface area contributed by atoms with E-state index in [9.17, 15) is 4.79 Å². The number of halogens is 1. The third-order valence-corrected chi connectivity index (χ3v) is 6.54. The van der Waals surface area contributed by atoms with E-state index in [1.54, 1.807) is 23.5 Å². The lowest BCUT2D eigenvalue weighted by Gasteiger charge is -2.34. The summed E-state index contributed by atoms with van der Waals surface area (Å²) in [6.45, 7) is 7.83. The van der Waals surface area contributed by atoms with E-state index in [1.807, 2.05) is 31.2 Å². The Bertz CT molecular complexity index is 1020. The highest BCUT2D eigenvalue weighted by Gasteiger charge is 2.20. The number of amides is 1. The number of benzene rings is 2. The molecule has 3 aromatic rings. The standard InChI is InChI=1S/C22H25ClN4O2S/c1-2-29-16-7-8-19-20(15-16)30-22(25-19)27-13-11-26(12-14-27)10-9-24-21(28)17-5-3-4-6-18(17)23/h3-8,15H,2,9-14H2,1H3,(H,24,28). The fourth-order valence-corrected chi connectivity index (χ4v) is 4.78. The van der Waals surface area contributed by atoms with Crippen LogP contribution < -0.4 is 15.0 Å². The van der Waals surface area contributed by atoms with Gasteiger partial charge in [-0.05, 0) is 37.3 Å². The number of nitrogens with zero attached hydrogens (tertiary/aromatic N) is 3. The first kappa shape index (κ1) is 20.9. The molecule has 158 valence electrons. The van der Waals surface area contributed by atoms with Gasteiger partial charge in [0, 0.05) is 39.3 Å². The SMILES string of the molecule is CCOc1ccc2nc(N3CCN(CCNC(=O)c4ccccc4Cl)CC3)sc2c1. The number of rotatable bonds is 7. The number of carbonyl (C=O) groups excluding carboxylic acids is 1. The minimum atomic E-state index is -0.125. The van der Waals surface area contributed by atoms with Crippen molar-refractivity contribution < 1.29 is 9.53 Å². The van der Waals surface area contributed by atoms with E-state index in [1.165, 1.54) is 0 Å². The van der Waals surface area contributed by atoms with Gasteiger partial charge in [-0.15, -0.1) is 0 Å². The number of anilines is 1. The van der Waals surface area contributed by atoms with Crippen LogP contribution in [0.5, 0.6) is 5.75 Å². The predicted molar refractivity (Wildman–Crippen MR) is 123 cm³/mol. The van der Waals surface area contributed by atoms with Gasteiger partial charge in [0.1, 0.15) is 5.75 Å². The summed E-state index contributed by atoms with van der Waals surface area (Å²) >= 11 is 7.80. The molecule has 6 nitrogen and oxygen atoms in total. The van der Waals surface area contributed by atoms with Crippen LogP contribution in [0.2, 0.25) is 5.02 Å². The molecule has 1 aliphatic rings. The topological polar surface area (TPSA) is 57.7 Å². The smallest absolute Gasteiger partial charge is 0.252 e. The molecule has 2 aromatic carbocycles. The first-order chi connectivity index (χ1) is 14.6. The molecular weight excluding hydrogens is 420 g/mol. The van der Waals surface area contributed by atoms with E-state index in [2.05, 4.69) is 21.2 Å². The second kappa shape index (κ2) is 9.64. The highest BCUT2D eigenvalue weighted by atomic mass is 35.5. The van der Waals surface area contributed by atoms with Crippen molar-refractivity contribution in [1.82, 2.24) is 15.2 Å². The van der Waals surface area contributed by atoms with Gasteiger partial charge in [-0.2, -0.15) is 0 Å². The number of hydrogen-bond donors (Lipinski definition) is 1. The Kier molecular flexibility index (Phi) is 6.72. The van der Waals surface area contributed by atoms with Gasteiger partial charge in [0.05, 0.1) is 27.4 Å². The number of aromatic nitrogens is 1. The maximum atomic E-state index is 12.3. The molecule has 1 aliphatic heterocycles. The first-order valence-electron chi connectivity index (χ1n) is 10.2. The molecule has 1 N–H and O–H groups in total. The summed E-state index contributed by atoms with van der Waals surface area (Å²) in [5.74, 6) is 0.768. The van der Waals surface area contributed by atoms with Crippen molar-refractivity contribution in [2.75, 3.05) is 50.8 Å². The van der Waals surface area contributed by atoms with Crippen molar-refractivity contribution in [3.63, 3.8) is 0 Å². The quantitative estimate of drug-likeness (QED) is 0.599. The molecule has 0 atom stereocenters. The Morgan fingerprint density at radius 2 is 2.00 bits per heavy atom. The molecular formula is C22H25ClN4O2S. The van der Waals surface area contributed by atoms with Crippen molar-refractivity contribution in [2.45, 2.75) is 6.92 Å². The summed E-state index contributed by atoms with van der Waals surface area (Å²) in [7, 11) is 0. The average Bonchev–Trinajstić information content (AvgIpc) is 3.18. The molecule has 1 aromatic heterocycles. The molecule has 1 fully saturated rings. The third-order valence-electron chi connectivity index (χ3n) is 5.13. The van der Waals surface area contributed by atoms with Gasteiger partial charge in [-0.25, -0.2) is 4.98 Å². The van der Waals surface area contributed by atoms with E-state index in [0.29, 0.717) is 23.7 Å². The molecule has 0 spiro atoms. The Labute approximate surface area is 185 Å². The van der Waals surface area contributed by atoms with Gasteiger partial charge >= 0.3 is 0 Å². The van der Waals surface area contributed by atoms with Crippen LogP contribution >= 0.6 is 22.9 Å². The number of fused-ring (bicyclic) bond motifs is 1. The van der Waals surface area contributed by atoms with E-state index in [4.69, 9.17) is 21.3 Å². The lowest BCUT2D eigenvalue weighted by Crippen LogP contribution is -2.48. The molecule has 8 heteroatoms. The van der Waals surface area contributed by atoms with Gasteiger partial charge in [0.2, 0.25) is 0 Å². The van der Waals surface area contributed by atoms with E-state index >= 15 is 0 Å². The van der Waals surface area contributed by atoms with Crippen molar-refractivity contribution in [3.8, 4) is 5.75 Å². The fourth-order valence-electron chi connectivity index (χ4n) is 3.52. The molecule has 0 aliphatic carbocycles. The monoisotopic (exact) mass is 444 g/mol. The molecule has 4 rings (SSSR count). The lowest BCUT2D eigenvalue weighted by molar-refractivity contribution is 0.0948. The normalized spacial score (nSPS) is 14.8. The zero-order valence-corrected chi connectivity index (χ0v) is 18.5. The Morgan fingerprint density at radius 3 is 2.77 bits per heavy atom. The summed E-state index contributed by atoms with van der Waals surface area (Å²) in [5, 5.41) is 4.50. The van der Waals surface area contributed by atoms with Crippen molar-refractivity contribution >= 4 is 44.2 Å².